The van der Waals surface area contributed by atoms with Crippen LogP contribution in [0.2, 0.25) is 0 Å². The van der Waals surface area contributed by atoms with E-state index in [9.17, 15) is 14.7 Å². The number of amides is 1. The minimum absolute atomic E-state index is 0.0190. The molecule has 1 amide bonds. The zero-order valence-electron chi connectivity index (χ0n) is 12.9. The zero-order chi connectivity index (χ0) is 15.9. The van der Waals surface area contributed by atoms with Crippen LogP contribution in [-0.2, 0) is 16.1 Å². The van der Waals surface area contributed by atoms with Crippen molar-refractivity contribution in [2.75, 3.05) is 13.1 Å². The van der Waals surface area contributed by atoms with Crippen LogP contribution in [0.5, 0.6) is 0 Å². The van der Waals surface area contributed by atoms with Crippen molar-refractivity contribution in [1.82, 2.24) is 9.47 Å². The van der Waals surface area contributed by atoms with Gasteiger partial charge in [-0.2, -0.15) is 0 Å². The highest BCUT2D eigenvalue weighted by Gasteiger charge is 2.42. The predicted octanol–water partition coefficient (Wildman–Crippen LogP) is 2.27. The number of aliphatic carboxylic acids is 1. The topological polar surface area (TPSA) is 62.5 Å². The maximum atomic E-state index is 12.5. The first-order valence-electron chi connectivity index (χ1n) is 7.47. The van der Waals surface area contributed by atoms with Gasteiger partial charge in [-0.1, -0.05) is 18.2 Å². The summed E-state index contributed by atoms with van der Waals surface area (Å²) in [6.07, 6.45) is 0.513. The van der Waals surface area contributed by atoms with Crippen molar-refractivity contribution in [3.05, 3.63) is 36.0 Å². The molecule has 116 valence electrons. The fourth-order valence-electron chi connectivity index (χ4n) is 3.14. The maximum Gasteiger partial charge on any atom is 0.311 e. The molecule has 5 heteroatoms. The zero-order valence-corrected chi connectivity index (χ0v) is 12.9. The molecule has 1 saturated heterocycles. The lowest BCUT2D eigenvalue weighted by atomic mass is 9.90. The molecule has 1 aliphatic rings. The average Bonchev–Trinajstić information content (AvgIpc) is 3.02. The lowest BCUT2D eigenvalue weighted by Gasteiger charge is -2.21. The minimum atomic E-state index is -0.828. The summed E-state index contributed by atoms with van der Waals surface area (Å²) in [6, 6.07) is 10.0. The third kappa shape index (κ3) is 2.36. The van der Waals surface area contributed by atoms with Crippen LogP contribution in [0.1, 0.15) is 19.0 Å². The molecule has 1 N–H and O–H groups in total. The van der Waals surface area contributed by atoms with Crippen LogP contribution >= 0.6 is 0 Å². The largest absolute Gasteiger partial charge is 0.481 e. The van der Waals surface area contributed by atoms with E-state index in [4.69, 9.17) is 0 Å². The number of carboxylic acid groups (broad SMARTS) is 1. The van der Waals surface area contributed by atoms with E-state index in [1.54, 1.807) is 11.8 Å². The highest BCUT2D eigenvalue weighted by molar-refractivity contribution is 5.85. The second-order valence-corrected chi connectivity index (χ2v) is 6.36. The Morgan fingerprint density at radius 3 is 2.73 bits per heavy atom. The van der Waals surface area contributed by atoms with E-state index in [-0.39, 0.29) is 12.5 Å². The predicted molar refractivity (Wildman–Crippen MR) is 83.6 cm³/mol. The first kappa shape index (κ1) is 14.6. The molecule has 5 nitrogen and oxygen atoms in total. The molecule has 22 heavy (non-hydrogen) atoms. The normalized spacial score (nSPS) is 21.5. The van der Waals surface area contributed by atoms with E-state index < -0.39 is 11.4 Å². The first-order chi connectivity index (χ1) is 10.4. The summed E-state index contributed by atoms with van der Waals surface area (Å²) >= 11 is 0. The highest BCUT2D eigenvalue weighted by atomic mass is 16.4. The molecule has 2 heterocycles. The van der Waals surface area contributed by atoms with Gasteiger partial charge in [0.05, 0.1) is 5.41 Å². The quantitative estimate of drug-likeness (QED) is 0.946. The number of hydrogen-bond acceptors (Lipinski definition) is 2. The van der Waals surface area contributed by atoms with E-state index >= 15 is 0 Å². The number of carbonyl (C=O) groups excluding carboxylic acids is 1. The Labute approximate surface area is 129 Å². The van der Waals surface area contributed by atoms with Crippen molar-refractivity contribution in [3.63, 3.8) is 0 Å². The lowest BCUT2D eigenvalue weighted by molar-refractivity contribution is -0.147. The first-order valence-corrected chi connectivity index (χ1v) is 7.47. The number of aryl methyl sites for hydroxylation is 1. The van der Waals surface area contributed by atoms with Crippen molar-refractivity contribution in [1.29, 1.82) is 0 Å². The molecule has 0 bridgehead atoms. The number of rotatable bonds is 3. The van der Waals surface area contributed by atoms with Crippen molar-refractivity contribution in [3.8, 4) is 0 Å². The van der Waals surface area contributed by atoms with Crippen molar-refractivity contribution in [2.45, 2.75) is 26.8 Å². The summed E-state index contributed by atoms with van der Waals surface area (Å²) in [4.78, 5) is 25.5. The molecule has 0 spiro atoms. The molecular weight excluding hydrogens is 280 g/mol. The fourth-order valence-corrected chi connectivity index (χ4v) is 3.14. The summed E-state index contributed by atoms with van der Waals surface area (Å²) < 4.78 is 1.99. The standard InChI is InChI=1S/C17H20N2O3/c1-12-9-13-5-3-4-6-14(13)19(12)10-15(20)18-8-7-17(2,11-18)16(21)22/h3-6,9H,7-8,10-11H2,1-2H3,(H,21,22)/t17-/m1/s1. The molecule has 1 aliphatic heterocycles. The van der Waals surface area contributed by atoms with E-state index in [1.807, 2.05) is 35.8 Å². The maximum absolute atomic E-state index is 12.5. The van der Waals surface area contributed by atoms with Crippen molar-refractivity contribution >= 4 is 22.8 Å². The Kier molecular flexibility index (Phi) is 3.43. The van der Waals surface area contributed by atoms with Gasteiger partial charge in [0.25, 0.3) is 0 Å². The van der Waals surface area contributed by atoms with Crippen LogP contribution in [-0.4, -0.2) is 39.5 Å². The molecule has 1 atom stereocenters. The number of carboxylic acids is 1. The van der Waals surface area contributed by atoms with Gasteiger partial charge >= 0.3 is 5.97 Å². The van der Waals surface area contributed by atoms with Crippen LogP contribution in [0.25, 0.3) is 10.9 Å². The Morgan fingerprint density at radius 2 is 2.05 bits per heavy atom. The molecule has 2 aromatic rings. The molecule has 3 rings (SSSR count). The second kappa shape index (κ2) is 5.16. The SMILES string of the molecule is Cc1cc2ccccc2n1CC(=O)N1CC[C@@](C)(C(=O)O)C1. The molecule has 0 aliphatic carbocycles. The summed E-state index contributed by atoms with van der Waals surface area (Å²) in [5.41, 5.74) is 1.26. The molecule has 0 radical (unpaired) electrons. The Hall–Kier alpha value is -2.30. The molecular formula is C17H20N2O3. The van der Waals surface area contributed by atoms with Gasteiger partial charge in [-0.15, -0.1) is 0 Å². The Balaban J connectivity index is 1.80. The number of nitrogens with zero attached hydrogens (tertiary/aromatic N) is 2. The second-order valence-electron chi connectivity index (χ2n) is 6.36. The summed E-state index contributed by atoms with van der Waals surface area (Å²) in [5, 5.41) is 10.4. The number of benzene rings is 1. The Bertz CT molecular complexity index is 749. The number of para-hydroxylation sites is 1. The third-order valence-electron chi connectivity index (χ3n) is 4.65. The Morgan fingerprint density at radius 1 is 1.32 bits per heavy atom. The number of hydrogen-bond donors (Lipinski definition) is 1. The van der Waals surface area contributed by atoms with Crippen LogP contribution in [0.3, 0.4) is 0 Å². The molecule has 1 aromatic carbocycles. The molecule has 1 aromatic heterocycles. The molecule has 0 saturated carbocycles. The smallest absolute Gasteiger partial charge is 0.311 e. The van der Waals surface area contributed by atoms with Crippen molar-refractivity contribution in [2.24, 2.45) is 5.41 Å². The number of aromatic nitrogens is 1. The highest BCUT2D eigenvalue weighted by Crippen LogP contribution is 2.30. The monoisotopic (exact) mass is 300 g/mol. The molecule has 1 fully saturated rings. The number of likely N-dealkylation sites (tertiary alicyclic amines) is 1. The average molecular weight is 300 g/mol. The van der Waals surface area contributed by atoms with Gasteiger partial charge in [0.1, 0.15) is 6.54 Å². The minimum Gasteiger partial charge on any atom is -0.481 e. The van der Waals surface area contributed by atoms with Crippen LogP contribution in [0.15, 0.2) is 30.3 Å². The third-order valence-corrected chi connectivity index (χ3v) is 4.65. The van der Waals surface area contributed by atoms with Gasteiger partial charge in [-0.05, 0) is 37.8 Å². The van der Waals surface area contributed by atoms with Crippen LogP contribution in [0.4, 0.5) is 0 Å². The number of carbonyl (C=O) groups is 2. The van der Waals surface area contributed by atoms with Gasteiger partial charge in [0, 0.05) is 24.3 Å². The van der Waals surface area contributed by atoms with E-state index in [0.717, 1.165) is 16.6 Å². The lowest BCUT2D eigenvalue weighted by Crippen LogP contribution is -2.36. The fraction of sp³-hybridized carbons (Fsp3) is 0.412. The van der Waals surface area contributed by atoms with Gasteiger partial charge < -0.3 is 14.6 Å². The van der Waals surface area contributed by atoms with Gasteiger partial charge in [0.2, 0.25) is 5.91 Å². The van der Waals surface area contributed by atoms with Crippen molar-refractivity contribution < 1.29 is 14.7 Å². The van der Waals surface area contributed by atoms with E-state index in [2.05, 4.69) is 6.07 Å². The van der Waals surface area contributed by atoms with E-state index in [0.29, 0.717) is 19.5 Å². The summed E-state index contributed by atoms with van der Waals surface area (Å²) in [6.45, 7) is 4.76. The van der Waals surface area contributed by atoms with E-state index in [1.165, 1.54) is 0 Å². The summed E-state index contributed by atoms with van der Waals surface area (Å²) in [7, 11) is 0. The van der Waals surface area contributed by atoms with Gasteiger partial charge in [-0.25, -0.2) is 0 Å². The van der Waals surface area contributed by atoms with Gasteiger partial charge in [0.15, 0.2) is 0 Å². The number of fused-ring (bicyclic) bond motifs is 1. The van der Waals surface area contributed by atoms with Gasteiger partial charge in [-0.3, -0.25) is 9.59 Å². The van der Waals surface area contributed by atoms with Crippen LogP contribution in [0, 0.1) is 12.3 Å². The van der Waals surface area contributed by atoms with Crippen LogP contribution < -0.4 is 0 Å². The molecule has 0 unspecified atom stereocenters. The summed E-state index contributed by atoms with van der Waals surface area (Å²) in [5.74, 6) is -0.847.